The summed E-state index contributed by atoms with van der Waals surface area (Å²) in [5.74, 6) is 0.909. The molecule has 24 heavy (non-hydrogen) atoms. The molecule has 1 aliphatic heterocycles. The Balaban J connectivity index is 1.47. The molecule has 0 unspecified atom stereocenters. The van der Waals surface area contributed by atoms with Gasteiger partial charge in [0.2, 0.25) is 0 Å². The van der Waals surface area contributed by atoms with Crippen LogP contribution in [0.4, 0.5) is 10.5 Å². The highest BCUT2D eigenvalue weighted by Crippen LogP contribution is 2.21. The molecule has 132 valence electrons. The van der Waals surface area contributed by atoms with Crippen LogP contribution >= 0.6 is 0 Å². The summed E-state index contributed by atoms with van der Waals surface area (Å²) in [5, 5.41) is 3.22. The van der Waals surface area contributed by atoms with Crippen LogP contribution in [0.5, 0.6) is 5.75 Å². The van der Waals surface area contributed by atoms with E-state index in [9.17, 15) is 4.79 Å². The SMILES string of the molecule is CCOc1ccc(N2CCN(C(=O)NC3CCCCC3)CC2)cc1. The number of carbonyl (C=O) groups excluding carboxylic acids is 1. The van der Waals surface area contributed by atoms with Gasteiger partial charge in [0.05, 0.1) is 6.61 Å². The van der Waals surface area contributed by atoms with Crippen LogP contribution in [0, 0.1) is 0 Å². The van der Waals surface area contributed by atoms with Crippen LogP contribution in [0.15, 0.2) is 24.3 Å². The number of ether oxygens (including phenoxy) is 1. The average molecular weight is 331 g/mol. The van der Waals surface area contributed by atoms with Gasteiger partial charge in [-0.05, 0) is 44.0 Å². The molecule has 0 atom stereocenters. The van der Waals surface area contributed by atoms with Gasteiger partial charge in [-0.25, -0.2) is 4.79 Å². The number of nitrogens with one attached hydrogen (secondary N) is 1. The summed E-state index contributed by atoms with van der Waals surface area (Å²) in [6.45, 7) is 6.01. The van der Waals surface area contributed by atoms with Crippen molar-refractivity contribution in [2.24, 2.45) is 0 Å². The smallest absolute Gasteiger partial charge is 0.317 e. The van der Waals surface area contributed by atoms with Crippen molar-refractivity contribution < 1.29 is 9.53 Å². The van der Waals surface area contributed by atoms with Gasteiger partial charge in [-0.2, -0.15) is 0 Å². The third-order valence-corrected chi connectivity index (χ3v) is 5.01. The molecular formula is C19H29N3O2. The molecular weight excluding hydrogens is 302 g/mol. The molecule has 0 radical (unpaired) electrons. The fourth-order valence-corrected chi connectivity index (χ4v) is 3.60. The molecule has 1 aliphatic carbocycles. The van der Waals surface area contributed by atoms with E-state index in [-0.39, 0.29) is 6.03 Å². The van der Waals surface area contributed by atoms with Gasteiger partial charge < -0.3 is 19.9 Å². The molecule has 2 aliphatic rings. The Hall–Kier alpha value is -1.91. The highest BCUT2D eigenvalue weighted by atomic mass is 16.5. The van der Waals surface area contributed by atoms with Crippen molar-refractivity contribution in [3.05, 3.63) is 24.3 Å². The summed E-state index contributed by atoms with van der Waals surface area (Å²) in [6, 6.07) is 8.73. The normalized spacial score (nSPS) is 19.2. The second kappa shape index (κ2) is 8.27. The first-order valence-corrected chi connectivity index (χ1v) is 9.29. The Morgan fingerprint density at radius 1 is 1.08 bits per heavy atom. The monoisotopic (exact) mass is 331 g/mol. The molecule has 2 amide bonds. The number of piperazine rings is 1. The Morgan fingerprint density at radius 3 is 2.38 bits per heavy atom. The van der Waals surface area contributed by atoms with E-state index < -0.39 is 0 Å². The van der Waals surface area contributed by atoms with Gasteiger partial charge in [0.1, 0.15) is 5.75 Å². The Kier molecular flexibility index (Phi) is 5.83. The van der Waals surface area contributed by atoms with Crippen LogP contribution in [-0.2, 0) is 0 Å². The molecule has 5 nitrogen and oxygen atoms in total. The second-order valence-electron chi connectivity index (χ2n) is 6.69. The molecule has 1 N–H and O–H groups in total. The number of hydrogen-bond acceptors (Lipinski definition) is 3. The number of benzene rings is 1. The molecule has 0 spiro atoms. The number of carbonyl (C=O) groups is 1. The van der Waals surface area contributed by atoms with Crippen LogP contribution in [-0.4, -0.2) is 49.8 Å². The summed E-state index contributed by atoms with van der Waals surface area (Å²) in [6.07, 6.45) is 6.08. The minimum Gasteiger partial charge on any atom is -0.494 e. The predicted molar refractivity (Wildman–Crippen MR) is 96.8 cm³/mol. The largest absolute Gasteiger partial charge is 0.494 e. The third kappa shape index (κ3) is 4.34. The highest BCUT2D eigenvalue weighted by molar-refractivity contribution is 5.75. The van der Waals surface area contributed by atoms with E-state index in [4.69, 9.17) is 4.74 Å². The molecule has 1 saturated heterocycles. The van der Waals surface area contributed by atoms with Crippen molar-refractivity contribution in [1.82, 2.24) is 10.2 Å². The molecule has 1 saturated carbocycles. The van der Waals surface area contributed by atoms with Gasteiger partial charge >= 0.3 is 6.03 Å². The first kappa shape index (κ1) is 16.9. The van der Waals surface area contributed by atoms with E-state index in [1.165, 1.54) is 24.9 Å². The fourth-order valence-electron chi connectivity index (χ4n) is 3.60. The van der Waals surface area contributed by atoms with E-state index in [0.717, 1.165) is 44.8 Å². The molecule has 1 heterocycles. The van der Waals surface area contributed by atoms with E-state index in [1.807, 2.05) is 24.0 Å². The van der Waals surface area contributed by atoms with E-state index in [1.54, 1.807) is 0 Å². The Bertz CT molecular complexity index is 518. The predicted octanol–water partition coefficient (Wildman–Crippen LogP) is 3.25. The van der Waals surface area contributed by atoms with Gasteiger partial charge in [-0.3, -0.25) is 0 Å². The highest BCUT2D eigenvalue weighted by Gasteiger charge is 2.23. The lowest BCUT2D eigenvalue weighted by Crippen LogP contribution is -2.53. The van der Waals surface area contributed by atoms with Crippen molar-refractivity contribution in [1.29, 1.82) is 0 Å². The zero-order valence-electron chi connectivity index (χ0n) is 14.7. The number of urea groups is 1. The van der Waals surface area contributed by atoms with Gasteiger partial charge in [-0.1, -0.05) is 19.3 Å². The minimum absolute atomic E-state index is 0.119. The molecule has 0 bridgehead atoms. The number of hydrogen-bond donors (Lipinski definition) is 1. The molecule has 1 aromatic carbocycles. The first-order chi connectivity index (χ1) is 11.8. The summed E-state index contributed by atoms with van der Waals surface area (Å²) in [7, 11) is 0. The maximum Gasteiger partial charge on any atom is 0.317 e. The third-order valence-electron chi connectivity index (χ3n) is 5.01. The van der Waals surface area contributed by atoms with E-state index >= 15 is 0 Å². The van der Waals surface area contributed by atoms with Gasteiger partial charge in [0.25, 0.3) is 0 Å². The number of anilines is 1. The second-order valence-corrected chi connectivity index (χ2v) is 6.69. The fraction of sp³-hybridized carbons (Fsp3) is 0.632. The summed E-state index contributed by atoms with van der Waals surface area (Å²) in [5.41, 5.74) is 1.20. The quantitative estimate of drug-likeness (QED) is 0.921. The Morgan fingerprint density at radius 2 is 1.75 bits per heavy atom. The maximum absolute atomic E-state index is 12.4. The topological polar surface area (TPSA) is 44.8 Å². The van der Waals surface area contributed by atoms with E-state index in [2.05, 4.69) is 22.3 Å². The van der Waals surface area contributed by atoms with Crippen molar-refractivity contribution in [2.45, 2.75) is 45.1 Å². The van der Waals surface area contributed by atoms with Crippen LogP contribution in [0.1, 0.15) is 39.0 Å². The lowest BCUT2D eigenvalue weighted by atomic mass is 9.96. The lowest BCUT2D eigenvalue weighted by Gasteiger charge is -2.37. The van der Waals surface area contributed by atoms with Gasteiger partial charge in [-0.15, -0.1) is 0 Å². The first-order valence-electron chi connectivity index (χ1n) is 9.29. The maximum atomic E-state index is 12.4. The van der Waals surface area contributed by atoms with Crippen molar-refractivity contribution in [2.75, 3.05) is 37.7 Å². The van der Waals surface area contributed by atoms with Crippen LogP contribution in [0.25, 0.3) is 0 Å². The molecule has 0 aromatic heterocycles. The average Bonchev–Trinajstić information content (AvgIpc) is 2.64. The zero-order chi connectivity index (χ0) is 16.8. The number of amides is 2. The lowest BCUT2D eigenvalue weighted by molar-refractivity contribution is 0.186. The zero-order valence-corrected chi connectivity index (χ0v) is 14.7. The van der Waals surface area contributed by atoms with Gasteiger partial charge in [0, 0.05) is 37.9 Å². The van der Waals surface area contributed by atoms with Crippen molar-refractivity contribution in [3.8, 4) is 5.75 Å². The van der Waals surface area contributed by atoms with Crippen LogP contribution < -0.4 is 15.0 Å². The van der Waals surface area contributed by atoms with E-state index in [0.29, 0.717) is 12.6 Å². The summed E-state index contributed by atoms with van der Waals surface area (Å²) in [4.78, 5) is 16.7. The Labute approximate surface area is 145 Å². The van der Waals surface area contributed by atoms with Crippen LogP contribution in [0.2, 0.25) is 0 Å². The number of nitrogens with zero attached hydrogens (tertiary/aromatic N) is 2. The molecule has 1 aromatic rings. The molecule has 3 rings (SSSR count). The number of rotatable bonds is 4. The molecule has 5 heteroatoms. The van der Waals surface area contributed by atoms with Gasteiger partial charge in [0.15, 0.2) is 0 Å². The standard InChI is InChI=1S/C19H29N3O2/c1-2-24-18-10-8-17(9-11-18)21-12-14-22(15-13-21)19(23)20-16-6-4-3-5-7-16/h8-11,16H,2-7,12-15H2,1H3,(H,20,23). The summed E-state index contributed by atoms with van der Waals surface area (Å²) >= 11 is 0. The minimum atomic E-state index is 0.119. The van der Waals surface area contributed by atoms with Crippen molar-refractivity contribution in [3.63, 3.8) is 0 Å². The van der Waals surface area contributed by atoms with Crippen LogP contribution in [0.3, 0.4) is 0 Å². The van der Waals surface area contributed by atoms with Crippen molar-refractivity contribution >= 4 is 11.7 Å². The summed E-state index contributed by atoms with van der Waals surface area (Å²) < 4.78 is 5.49. The molecule has 2 fully saturated rings.